The van der Waals surface area contributed by atoms with E-state index in [9.17, 15) is 4.79 Å². The van der Waals surface area contributed by atoms with E-state index >= 15 is 0 Å². The summed E-state index contributed by atoms with van der Waals surface area (Å²) in [6.07, 6.45) is 5.32. The Kier molecular flexibility index (Phi) is 9.03. The summed E-state index contributed by atoms with van der Waals surface area (Å²) in [4.78, 5) is 15.6. The van der Waals surface area contributed by atoms with Crippen molar-refractivity contribution in [3.8, 4) is 0 Å². The number of hydrogen-bond donors (Lipinski definition) is 2. The number of nitrogens with zero attached hydrogens (tertiary/aromatic N) is 1. The predicted molar refractivity (Wildman–Crippen MR) is 116 cm³/mol. The summed E-state index contributed by atoms with van der Waals surface area (Å²) in [6, 6.07) is 10.9. The number of halogens is 2. The van der Waals surface area contributed by atoms with E-state index in [1.165, 1.54) is 31.2 Å². The van der Waals surface area contributed by atoms with E-state index in [4.69, 9.17) is 4.74 Å². The van der Waals surface area contributed by atoms with Crippen LogP contribution in [0.3, 0.4) is 0 Å². The molecule has 0 unspecified atom stereocenters. The first-order valence-electron chi connectivity index (χ1n) is 10.1. The van der Waals surface area contributed by atoms with Crippen molar-refractivity contribution in [2.45, 2.75) is 38.3 Å². The number of benzene rings is 1. The molecule has 4 rings (SSSR count). The zero-order valence-corrected chi connectivity index (χ0v) is 18.0. The van der Waals surface area contributed by atoms with E-state index in [2.05, 4.69) is 27.7 Å². The van der Waals surface area contributed by atoms with Crippen molar-refractivity contribution in [1.29, 1.82) is 0 Å². The van der Waals surface area contributed by atoms with Gasteiger partial charge in [0.2, 0.25) is 5.91 Å². The second kappa shape index (κ2) is 10.8. The molecule has 2 atom stereocenters. The lowest BCUT2D eigenvalue weighted by atomic mass is 9.80. The molecule has 3 fully saturated rings. The molecule has 2 N–H and O–H groups in total. The van der Waals surface area contributed by atoms with E-state index in [-0.39, 0.29) is 36.1 Å². The van der Waals surface area contributed by atoms with E-state index in [1.807, 2.05) is 18.2 Å². The van der Waals surface area contributed by atoms with Gasteiger partial charge in [0, 0.05) is 44.7 Å². The molecule has 0 bridgehead atoms. The standard InChI is InChI=1S/C21H31N3O2.2ClH/c25-20(23-10-11-26-14-17-6-2-1-3-7-17)21-15-22-12-18(21)13-24(16-21)19-8-4-5-9-19;;/h1-3,6-7,18-19,22H,4-5,8-16H2,(H,23,25);2*1H/t18-,21-;;/m1../s1. The first-order chi connectivity index (χ1) is 12.8. The Bertz CT molecular complexity index is 613. The van der Waals surface area contributed by atoms with Gasteiger partial charge in [0.15, 0.2) is 0 Å². The molecule has 2 aliphatic heterocycles. The quantitative estimate of drug-likeness (QED) is 0.654. The lowest BCUT2D eigenvalue weighted by Gasteiger charge is -2.29. The van der Waals surface area contributed by atoms with Gasteiger partial charge in [-0.15, -0.1) is 24.8 Å². The lowest BCUT2D eigenvalue weighted by molar-refractivity contribution is -0.131. The summed E-state index contributed by atoms with van der Waals surface area (Å²) in [6.45, 7) is 5.53. The van der Waals surface area contributed by atoms with Gasteiger partial charge < -0.3 is 15.4 Å². The molecule has 1 aliphatic carbocycles. The zero-order valence-electron chi connectivity index (χ0n) is 16.4. The van der Waals surface area contributed by atoms with Gasteiger partial charge in [-0.3, -0.25) is 9.69 Å². The van der Waals surface area contributed by atoms with Crippen molar-refractivity contribution in [2.24, 2.45) is 11.3 Å². The molecule has 28 heavy (non-hydrogen) atoms. The Morgan fingerprint density at radius 2 is 1.96 bits per heavy atom. The highest BCUT2D eigenvalue weighted by atomic mass is 35.5. The van der Waals surface area contributed by atoms with E-state index in [1.54, 1.807) is 0 Å². The highest BCUT2D eigenvalue weighted by Gasteiger charge is 2.55. The Morgan fingerprint density at radius 3 is 2.71 bits per heavy atom. The third kappa shape index (κ3) is 5.00. The monoisotopic (exact) mass is 429 g/mol. The van der Waals surface area contributed by atoms with Crippen molar-refractivity contribution in [1.82, 2.24) is 15.5 Å². The molecule has 2 saturated heterocycles. The lowest BCUT2D eigenvalue weighted by Crippen LogP contribution is -2.48. The van der Waals surface area contributed by atoms with Gasteiger partial charge in [0.25, 0.3) is 0 Å². The van der Waals surface area contributed by atoms with Gasteiger partial charge in [-0.1, -0.05) is 43.2 Å². The fraction of sp³-hybridized carbons (Fsp3) is 0.667. The normalized spacial score (nSPS) is 27.1. The van der Waals surface area contributed by atoms with Crippen LogP contribution in [0.4, 0.5) is 0 Å². The minimum Gasteiger partial charge on any atom is -0.375 e. The van der Waals surface area contributed by atoms with Gasteiger partial charge in [-0.2, -0.15) is 0 Å². The molecule has 7 heteroatoms. The van der Waals surface area contributed by atoms with Crippen LogP contribution >= 0.6 is 24.8 Å². The van der Waals surface area contributed by atoms with Crippen LogP contribution in [0.2, 0.25) is 0 Å². The molecule has 1 amide bonds. The van der Waals surface area contributed by atoms with Crippen LogP contribution in [0, 0.1) is 11.3 Å². The summed E-state index contributed by atoms with van der Waals surface area (Å²) in [5, 5.41) is 6.62. The summed E-state index contributed by atoms with van der Waals surface area (Å²) >= 11 is 0. The van der Waals surface area contributed by atoms with Crippen molar-refractivity contribution in [3.63, 3.8) is 0 Å². The summed E-state index contributed by atoms with van der Waals surface area (Å²) in [5.41, 5.74) is 0.933. The van der Waals surface area contributed by atoms with E-state index < -0.39 is 0 Å². The number of amides is 1. The van der Waals surface area contributed by atoms with Crippen LogP contribution in [0.25, 0.3) is 0 Å². The molecular formula is C21H33Cl2N3O2. The highest BCUT2D eigenvalue weighted by molar-refractivity contribution is 5.85. The van der Waals surface area contributed by atoms with E-state index in [0.717, 1.165) is 26.2 Å². The smallest absolute Gasteiger partial charge is 0.229 e. The number of fused-ring (bicyclic) bond motifs is 1. The molecular weight excluding hydrogens is 397 g/mol. The number of carbonyl (C=O) groups is 1. The third-order valence-electron chi connectivity index (χ3n) is 6.49. The van der Waals surface area contributed by atoms with E-state index in [0.29, 0.717) is 31.7 Å². The summed E-state index contributed by atoms with van der Waals surface area (Å²) in [7, 11) is 0. The van der Waals surface area contributed by atoms with Gasteiger partial charge in [0.1, 0.15) is 0 Å². The van der Waals surface area contributed by atoms with Gasteiger partial charge in [-0.05, 0) is 18.4 Å². The van der Waals surface area contributed by atoms with Gasteiger partial charge >= 0.3 is 0 Å². The van der Waals surface area contributed by atoms with Crippen molar-refractivity contribution in [2.75, 3.05) is 39.3 Å². The first-order valence-corrected chi connectivity index (χ1v) is 10.1. The molecule has 158 valence electrons. The van der Waals surface area contributed by atoms with Gasteiger partial charge in [0.05, 0.1) is 18.6 Å². The van der Waals surface area contributed by atoms with Crippen molar-refractivity contribution in [3.05, 3.63) is 35.9 Å². The van der Waals surface area contributed by atoms with Crippen molar-refractivity contribution < 1.29 is 9.53 Å². The fourth-order valence-corrected chi connectivity index (χ4v) is 5.01. The number of ether oxygens (including phenoxy) is 1. The molecule has 0 radical (unpaired) electrons. The Hall–Kier alpha value is -0.850. The number of nitrogens with one attached hydrogen (secondary N) is 2. The zero-order chi connectivity index (χ0) is 17.8. The minimum absolute atomic E-state index is 0. The number of hydrogen-bond acceptors (Lipinski definition) is 4. The molecule has 5 nitrogen and oxygen atoms in total. The minimum atomic E-state index is -0.234. The van der Waals surface area contributed by atoms with Crippen molar-refractivity contribution >= 4 is 30.7 Å². The molecule has 3 aliphatic rings. The molecule has 1 saturated carbocycles. The topological polar surface area (TPSA) is 53.6 Å². The number of likely N-dealkylation sites (tertiary alicyclic amines) is 1. The second-order valence-corrected chi connectivity index (χ2v) is 8.15. The second-order valence-electron chi connectivity index (χ2n) is 8.15. The first kappa shape index (κ1) is 23.4. The van der Waals surface area contributed by atoms with Gasteiger partial charge in [-0.25, -0.2) is 0 Å². The number of rotatable bonds is 7. The Morgan fingerprint density at radius 1 is 1.21 bits per heavy atom. The predicted octanol–water partition coefficient (Wildman–Crippen LogP) is 2.63. The van der Waals surface area contributed by atoms with Crippen LogP contribution in [0.15, 0.2) is 30.3 Å². The van der Waals surface area contributed by atoms with Crippen LogP contribution in [-0.2, 0) is 16.1 Å². The van der Waals surface area contributed by atoms with Crippen LogP contribution in [0.1, 0.15) is 31.2 Å². The number of carbonyl (C=O) groups excluding carboxylic acids is 1. The third-order valence-corrected chi connectivity index (χ3v) is 6.49. The molecule has 1 aromatic carbocycles. The SMILES string of the molecule is Cl.Cl.O=C(NCCOCc1ccccc1)[C@@]12CNC[C@@H]1CN(C1CCCC1)C2. The van der Waals surface area contributed by atoms with Crippen LogP contribution in [0.5, 0.6) is 0 Å². The molecule has 0 aromatic heterocycles. The molecule has 1 aromatic rings. The average Bonchev–Trinajstić information content (AvgIpc) is 3.37. The maximum absolute atomic E-state index is 13.0. The average molecular weight is 430 g/mol. The fourth-order valence-electron chi connectivity index (χ4n) is 5.01. The largest absolute Gasteiger partial charge is 0.375 e. The molecule has 2 heterocycles. The Labute approximate surface area is 180 Å². The van der Waals surface area contributed by atoms with Crippen LogP contribution < -0.4 is 10.6 Å². The summed E-state index contributed by atoms with van der Waals surface area (Å²) in [5.74, 6) is 0.671. The maximum atomic E-state index is 13.0. The Balaban J connectivity index is 0.00000140. The maximum Gasteiger partial charge on any atom is 0.229 e. The summed E-state index contributed by atoms with van der Waals surface area (Å²) < 4.78 is 5.70. The molecule has 0 spiro atoms. The van der Waals surface area contributed by atoms with Crippen LogP contribution in [-0.4, -0.2) is 56.2 Å². The highest BCUT2D eigenvalue weighted by Crippen LogP contribution is 2.42.